The third-order valence-corrected chi connectivity index (χ3v) is 4.06. The second kappa shape index (κ2) is 7.40. The lowest BCUT2D eigenvalue weighted by Crippen LogP contribution is -2.51. The number of carbonyl (C=O) groups is 2. The quantitative estimate of drug-likeness (QED) is 0.907. The van der Waals surface area contributed by atoms with E-state index in [2.05, 4.69) is 0 Å². The SMILES string of the molecule is CC(C)N(C(=O)CN1CCCCC1C(=O)O)c1ccccc1. The first-order valence-corrected chi connectivity index (χ1v) is 7.84. The first-order chi connectivity index (χ1) is 10.5. The Hall–Kier alpha value is -1.88. The Morgan fingerprint density at radius 1 is 1.27 bits per heavy atom. The van der Waals surface area contributed by atoms with Gasteiger partial charge in [0.25, 0.3) is 0 Å². The molecule has 1 N–H and O–H groups in total. The number of benzene rings is 1. The maximum Gasteiger partial charge on any atom is 0.320 e. The van der Waals surface area contributed by atoms with Crippen molar-refractivity contribution in [2.24, 2.45) is 0 Å². The Kier molecular flexibility index (Phi) is 5.55. The summed E-state index contributed by atoms with van der Waals surface area (Å²) in [6.45, 7) is 4.76. The van der Waals surface area contributed by atoms with Crippen LogP contribution in [0.1, 0.15) is 33.1 Å². The van der Waals surface area contributed by atoms with E-state index in [1.54, 1.807) is 9.80 Å². The van der Waals surface area contributed by atoms with E-state index in [0.29, 0.717) is 13.0 Å². The molecule has 22 heavy (non-hydrogen) atoms. The molecule has 5 nitrogen and oxygen atoms in total. The molecule has 2 rings (SSSR count). The number of hydrogen-bond donors (Lipinski definition) is 1. The van der Waals surface area contributed by atoms with Gasteiger partial charge in [-0.25, -0.2) is 0 Å². The van der Waals surface area contributed by atoms with Gasteiger partial charge in [0.05, 0.1) is 6.54 Å². The number of likely N-dealkylation sites (tertiary alicyclic amines) is 1. The van der Waals surface area contributed by atoms with Crippen molar-refractivity contribution in [1.82, 2.24) is 4.90 Å². The largest absolute Gasteiger partial charge is 0.480 e. The zero-order valence-corrected chi connectivity index (χ0v) is 13.2. The van der Waals surface area contributed by atoms with E-state index < -0.39 is 12.0 Å². The summed E-state index contributed by atoms with van der Waals surface area (Å²) in [5, 5.41) is 9.32. The van der Waals surface area contributed by atoms with E-state index >= 15 is 0 Å². The Bertz CT molecular complexity index is 516. The molecule has 0 aromatic heterocycles. The van der Waals surface area contributed by atoms with E-state index in [1.165, 1.54) is 0 Å². The monoisotopic (exact) mass is 304 g/mol. The molecule has 1 aliphatic heterocycles. The molecular weight excluding hydrogens is 280 g/mol. The van der Waals surface area contributed by atoms with Gasteiger partial charge in [-0.1, -0.05) is 24.6 Å². The molecule has 1 aromatic rings. The van der Waals surface area contributed by atoms with Gasteiger partial charge in [-0.05, 0) is 45.4 Å². The Morgan fingerprint density at radius 3 is 2.55 bits per heavy atom. The van der Waals surface area contributed by atoms with Crippen molar-refractivity contribution in [1.29, 1.82) is 0 Å². The number of hydrogen-bond acceptors (Lipinski definition) is 3. The summed E-state index contributed by atoms with van der Waals surface area (Å²) in [7, 11) is 0. The smallest absolute Gasteiger partial charge is 0.320 e. The zero-order chi connectivity index (χ0) is 16.1. The Balaban J connectivity index is 2.12. The Labute approximate surface area is 131 Å². The highest BCUT2D eigenvalue weighted by Gasteiger charge is 2.31. The van der Waals surface area contributed by atoms with Crippen LogP contribution >= 0.6 is 0 Å². The molecule has 0 bridgehead atoms. The van der Waals surface area contributed by atoms with Crippen LogP contribution in [0.4, 0.5) is 5.69 Å². The van der Waals surface area contributed by atoms with Crippen LogP contribution in [0.15, 0.2) is 30.3 Å². The summed E-state index contributed by atoms with van der Waals surface area (Å²) in [5.41, 5.74) is 0.853. The molecule has 120 valence electrons. The first-order valence-electron chi connectivity index (χ1n) is 7.84. The van der Waals surface area contributed by atoms with Crippen molar-refractivity contribution in [3.63, 3.8) is 0 Å². The summed E-state index contributed by atoms with van der Waals surface area (Å²) in [6, 6.07) is 9.02. The van der Waals surface area contributed by atoms with Gasteiger partial charge in [0, 0.05) is 11.7 Å². The van der Waals surface area contributed by atoms with Crippen molar-refractivity contribution in [3.8, 4) is 0 Å². The van der Waals surface area contributed by atoms with E-state index in [4.69, 9.17) is 0 Å². The fraction of sp³-hybridized carbons (Fsp3) is 0.529. The van der Waals surface area contributed by atoms with Crippen LogP contribution in [0.2, 0.25) is 0 Å². The second-order valence-electron chi connectivity index (χ2n) is 6.01. The van der Waals surface area contributed by atoms with Crippen LogP contribution in [0, 0.1) is 0 Å². The molecule has 1 heterocycles. The number of rotatable bonds is 5. The van der Waals surface area contributed by atoms with Gasteiger partial charge in [0.2, 0.25) is 5.91 Å². The average molecular weight is 304 g/mol. The van der Waals surface area contributed by atoms with Crippen molar-refractivity contribution in [3.05, 3.63) is 30.3 Å². The molecule has 0 saturated carbocycles. The number of aliphatic carboxylic acids is 1. The van der Waals surface area contributed by atoms with E-state index in [-0.39, 0.29) is 18.5 Å². The number of amides is 1. The summed E-state index contributed by atoms with van der Waals surface area (Å²) in [5.74, 6) is -0.877. The van der Waals surface area contributed by atoms with Gasteiger partial charge >= 0.3 is 5.97 Å². The van der Waals surface area contributed by atoms with Gasteiger partial charge in [0.15, 0.2) is 0 Å². The summed E-state index contributed by atoms with van der Waals surface area (Å²) in [4.78, 5) is 27.6. The molecule has 0 radical (unpaired) electrons. The molecule has 1 atom stereocenters. The number of para-hydroxylation sites is 1. The zero-order valence-electron chi connectivity index (χ0n) is 13.2. The van der Waals surface area contributed by atoms with Crippen LogP contribution in [-0.4, -0.2) is 47.1 Å². The minimum Gasteiger partial charge on any atom is -0.480 e. The van der Waals surface area contributed by atoms with Crippen LogP contribution in [-0.2, 0) is 9.59 Å². The van der Waals surface area contributed by atoms with Crippen LogP contribution in [0.3, 0.4) is 0 Å². The number of carboxylic acids is 1. The molecule has 1 saturated heterocycles. The molecule has 0 spiro atoms. The molecular formula is C17H24N2O3. The molecule has 1 amide bonds. The number of nitrogens with zero attached hydrogens (tertiary/aromatic N) is 2. The molecule has 0 aliphatic carbocycles. The lowest BCUT2D eigenvalue weighted by molar-refractivity contribution is -0.145. The van der Waals surface area contributed by atoms with Gasteiger partial charge < -0.3 is 10.0 Å². The van der Waals surface area contributed by atoms with E-state index in [1.807, 2.05) is 44.2 Å². The molecule has 1 unspecified atom stereocenters. The molecule has 1 aliphatic rings. The maximum absolute atomic E-state index is 12.7. The minimum atomic E-state index is -0.830. The summed E-state index contributed by atoms with van der Waals surface area (Å²) < 4.78 is 0. The van der Waals surface area contributed by atoms with Gasteiger partial charge in [-0.3, -0.25) is 14.5 Å². The average Bonchev–Trinajstić information content (AvgIpc) is 2.48. The third-order valence-electron chi connectivity index (χ3n) is 4.06. The Morgan fingerprint density at radius 2 is 1.95 bits per heavy atom. The normalized spacial score (nSPS) is 19.1. The summed E-state index contributed by atoms with van der Waals surface area (Å²) >= 11 is 0. The number of anilines is 1. The standard InChI is InChI=1S/C17H24N2O3/c1-13(2)19(14-8-4-3-5-9-14)16(20)12-18-11-7-6-10-15(18)17(21)22/h3-5,8-9,13,15H,6-7,10-12H2,1-2H3,(H,21,22). The maximum atomic E-state index is 12.7. The topological polar surface area (TPSA) is 60.9 Å². The third kappa shape index (κ3) is 3.85. The highest BCUT2D eigenvalue weighted by molar-refractivity contribution is 5.95. The lowest BCUT2D eigenvalue weighted by Gasteiger charge is -2.35. The first kappa shape index (κ1) is 16.5. The minimum absolute atomic E-state index is 0.0305. The van der Waals surface area contributed by atoms with Gasteiger partial charge in [0.1, 0.15) is 6.04 Å². The number of carboxylic acid groups (broad SMARTS) is 1. The highest BCUT2D eigenvalue weighted by Crippen LogP contribution is 2.20. The van der Waals surface area contributed by atoms with Crippen molar-refractivity contribution >= 4 is 17.6 Å². The molecule has 5 heteroatoms. The number of carbonyl (C=O) groups excluding carboxylic acids is 1. The second-order valence-corrected chi connectivity index (χ2v) is 6.01. The van der Waals surface area contributed by atoms with Crippen molar-refractivity contribution in [2.75, 3.05) is 18.0 Å². The van der Waals surface area contributed by atoms with Crippen LogP contribution in [0.25, 0.3) is 0 Å². The van der Waals surface area contributed by atoms with Crippen molar-refractivity contribution < 1.29 is 14.7 Å². The fourth-order valence-electron chi connectivity index (χ4n) is 3.03. The van der Waals surface area contributed by atoms with E-state index in [0.717, 1.165) is 18.5 Å². The highest BCUT2D eigenvalue weighted by atomic mass is 16.4. The lowest BCUT2D eigenvalue weighted by atomic mass is 10.0. The van der Waals surface area contributed by atoms with Gasteiger partial charge in [-0.15, -0.1) is 0 Å². The van der Waals surface area contributed by atoms with Crippen LogP contribution in [0.5, 0.6) is 0 Å². The molecule has 1 fully saturated rings. The molecule has 1 aromatic carbocycles. The predicted molar refractivity (Wildman–Crippen MR) is 85.9 cm³/mol. The van der Waals surface area contributed by atoms with E-state index in [9.17, 15) is 14.7 Å². The fourth-order valence-corrected chi connectivity index (χ4v) is 3.03. The van der Waals surface area contributed by atoms with Gasteiger partial charge in [-0.2, -0.15) is 0 Å². The number of piperidine rings is 1. The predicted octanol–water partition coefficient (Wildman–Crippen LogP) is 2.37. The van der Waals surface area contributed by atoms with Crippen LogP contribution < -0.4 is 4.90 Å². The van der Waals surface area contributed by atoms with Crippen molar-refractivity contribution in [2.45, 2.75) is 45.2 Å². The summed E-state index contributed by atoms with van der Waals surface area (Å²) in [6.07, 6.45) is 2.48.